The SMILES string of the molecule is CCOC(=O)C(C)(CCCOC(C)C(F)(F)F)NC1CC1. The molecule has 1 aliphatic rings. The van der Waals surface area contributed by atoms with Crippen LogP contribution in [0.3, 0.4) is 0 Å². The summed E-state index contributed by atoms with van der Waals surface area (Å²) < 4.78 is 46.7. The van der Waals surface area contributed by atoms with E-state index in [4.69, 9.17) is 9.47 Å². The minimum atomic E-state index is -4.35. The van der Waals surface area contributed by atoms with Crippen molar-refractivity contribution in [2.75, 3.05) is 13.2 Å². The molecule has 0 amide bonds. The van der Waals surface area contributed by atoms with Gasteiger partial charge in [0.05, 0.1) is 6.61 Å². The average Bonchev–Trinajstić information content (AvgIpc) is 3.17. The van der Waals surface area contributed by atoms with E-state index in [9.17, 15) is 18.0 Å². The highest BCUT2D eigenvalue weighted by Crippen LogP contribution is 2.26. The van der Waals surface area contributed by atoms with Crippen molar-refractivity contribution in [1.82, 2.24) is 5.32 Å². The second-order valence-corrected chi connectivity index (χ2v) is 5.63. The van der Waals surface area contributed by atoms with Crippen molar-refractivity contribution in [2.45, 2.75) is 70.3 Å². The van der Waals surface area contributed by atoms with Crippen LogP contribution >= 0.6 is 0 Å². The fourth-order valence-electron chi connectivity index (χ4n) is 1.98. The smallest absolute Gasteiger partial charge is 0.414 e. The first-order chi connectivity index (χ1) is 9.69. The summed E-state index contributed by atoms with van der Waals surface area (Å²) in [6, 6.07) is 0.300. The number of alkyl halides is 3. The Bertz CT molecular complexity index is 345. The lowest BCUT2D eigenvalue weighted by molar-refractivity contribution is -0.214. The van der Waals surface area contributed by atoms with Crippen molar-refractivity contribution >= 4 is 5.97 Å². The normalized spacial score (nSPS) is 19.9. The molecule has 2 unspecified atom stereocenters. The minimum Gasteiger partial charge on any atom is -0.465 e. The average molecular weight is 311 g/mol. The van der Waals surface area contributed by atoms with E-state index in [0.717, 1.165) is 19.8 Å². The number of carbonyl (C=O) groups excluding carboxylic acids is 1. The van der Waals surface area contributed by atoms with Crippen molar-refractivity contribution in [2.24, 2.45) is 0 Å². The van der Waals surface area contributed by atoms with Crippen LogP contribution in [0.2, 0.25) is 0 Å². The Hall–Kier alpha value is -0.820. The maximum atomic E-state index is 12.3. The highest BCUT2D eigenvalue weighted by atomic mass is 19.4. The fraction of sp³-hybridized carbons (Fsp3) is 0.929. The molecule has 124 valence electrons. The number of carbonyl (C=O) groups is 1. The van der Waals surface area contributed by atoms with Crippen molar-refractivity contribution in [3.8, 4) is 0 Å². The highest BCUT2D eigenvalue weighted by Gasteiger charge is 2.40. The maximum absolute atomic E-state index is 12.3. The molecule has 1 fully saturated rings. The topological polar surface area (TPSA) is 47.6 Å². The van der Waals surface area contributed by atoms with Crippen molar-refractivity contribution in [3.63, 3.8) is 0 Å². The van der Waals surface area contributed by atoms with E-state index in [1.165, 1.54) is 0 Å². The number of ether oxygens (including phenoxy) is 2. The molecule has 0 radical (unpaired) electrons. The largest absolute Gasteiger partial charge is 0.465 e. The zero-order chi connectivity index (χ0) is 16.1. The first kappa shape index (κ1) is 18.2. The van der Waals surface area contributed by atoms with Gasteiger partial charge < -0.3 is 9.47 Å². The molecular formula is C14H24F3NO3. The van der Waals surface area contributed by atoms with Crippen LogP contribution in [0, 0.1) is 0 Å². The van der Waals surface area contributed by atoms with Gasteiger partial charge in [0.1, 0.15) is 5.54 Å². The summed E-state index contributed by atoms with van der Waals surface area (Å²) >= 11 is 0. The van der Waals surface area contributed by atoms with Crippen molar-refractivity contribution < 1.29 is 27.4 Å². The van der Waals surface area contributed by atoms with Crippen molar-refractivity contribution in [1.29, 1.82) is 0 Å². The van der Waals surface area contributed by atoms with Gasteiger partial charge in [0, 0.05) is 12.6 Å². The second kappa shape index (κ2) is 7.45. The third-order valence-electron chi connectivity index (χ3n) is 3.48. The lowest BCUT2D eigenvalue weighted by Gasteiger charge is -2.29. The van der Waals surface area contributed by atoms with Gasteiger partial charge in [-0.25, -0.2) is 0 Å². The quantitative estimate of drug-likeness (QED) is 0.525. The number of halogens is 3. The van der Waals surface area contributed by atoms with E-state index in [1.54, 1.807) is 13.8 Å². The molecule has 1 rings (SSSR count). The molecule has 0 saturated heterocycles. The summed E-state index contributed by atoms with van der Waals surface area (Å²) in [6.45, 7) is 4.68. The van der Waals surface area contributed by atoms with E-state index < -0.39 is 17.8 Å². The Labute approximate surface area is 123 Å². The van der Waals surface area contributed by atoms with Gasteiger partial charge in [-0.05, 0) is 46.5 Å². The lowest BCUT2D eigenvalue weighted by atomic mass is 9.95. The molecule has 0 bridgehead atoms. The molecule has 1 N–H and O–H groups in total. The molecular weight excluding hydrogens is 287 g/mol. The van der Waals surface area contributed by atoms with Gasteiger partial charge in [-0.1, -0.05) is 0 Å². The molecule has 0 aromatic heterocycles. The lowest BCUT2D eigenvalue weighted by Crippen LogP contribution is -2.51. The Morgan fingerprint density at radius 2 is 2.00 bits per heavy atom. The summed E-state index contributed by atoms with van der Waals surface area (Å²) in [7, 11) is 0. The van der Waals surface area contributed by atoms with Crippen LogP contribution in [0.25, 0.3) is 0 Å². The third-order valence-corrected chi connectivity index (χ3v) is 3.48. The molecule has 0 aromatic carbocycles. The number of nitrogens with one attached hydrogen (secondary N) is 1. The van der Waals surface area contributed by atoms with Crippen molar-refractivity contribution in [3.05, 3.63) is 0 Å². The zero-order valence-electron chi connectivity index (χ0n) is 12.8. The van der Waals surface area contributed by atoms with E-state index in [0.29, 0.717) is 18.9 Å². The number of hydrogen-bond acceptors (Lipinski definition) is 4. The van der Waals surface area contributed by atoms with Gasteiger partial charge in [0.25, 0.3) is 0 Å². The van der Waals surface area contributed by atoms with Gasteiger partial charge in [0.2, 0.25) is 0 Å². The van der Waals surface area contributed by atoms with Gasteiger partial charge in [-0.3, -0.25) is 10.1 Å². The van der Waals surface area contributed by atoms with Gasteiger partial charge in [0.15, 0.2) is 6.10 Å². The molecule has 21 heavy (non-hydrogen) atoms. The minimum absolute atomic E-state index is 0.0397. The van der Waals surface area contributed by atoms with Crippen LogP contribution < -0.4 is 5.32 Å². The van der Waals surface area contributed by atoms with E-state index >= 15 is 0 Å². The van der Waals surface area contributed by atoms with Crippen LogP contribution in [-0.4, -0.2) is 43.0 Å². The third kappa shape index (κ3) is 6.22. The monoisotopic (exact) mass is 311 g/mol. The Morgan fingerprint density at radius 3 is 2.48 bits per heavy atom. The molecule has 4 nitrogen and oxygen atoms in total. The molecule has 0 heterocycles. The Kier molecular flexibility index (Phi) is 6.46. The van der Waals surface area contributed by atoms with Crippen LogP contribution in [0.4, 0.5) is 13.2 Å². The second-order valence-electron chi connectivity index (χ2n) is 5.63. The first-order valence-corrected chi connectivity index (χ1v) is 7.32. The highest BCUT2D eigenvalue weighted by molar-refractivity contribution is 5.80. The fourth-order valence-corrected chi connectivity index (χ4v) is 1.98. The molecule has 0 aliphatic heterocycles. The maximum Gasteiger partial charge on any atom is 0.414 e. The molecule has 2 atom stereocenters. The van der Waals surface area contributed by atoms with Gasteiger partial charge in [-0.15, -0.1) is 0 Å². The molecule has 0 aromatic rings. The number of rotatable bonds is 9. The Balaban J connectivity index is 2.40. The first-order valence-electron chi connectivity index (χ1n) is 7.32. The number of esters is 1. The standard InChI is InChI=1S/C14H24F3NO3/c1-4-20-12(19)13(3,18-11-6-7-11)8-5-9-21-10(2)14(15,16)17/h10-11,18H,4-9H2,1-3H3. The molecule has 7 heteroatoms. The van der Waals surface area contributed by atoms with Crippen LogP contribution in [0.15, 0.2) is 0 Å². The molecule has 1 aliphatic carbocycles. The summed E-state index contributed by atoms with van der Waals surface area (Å²) in [4.78, 5) is 12.0. The summed E-state index contributed by atoms with van der Waals surface area (Å²) in [5.74, 6) is -0.360. The summed E-state index contributed by atoms with van der Waals surface area (Å²) in [6.07, 6.45) is -3.38. The number of hydrogen-bond donors (Lipinski definition) is 1. The van der Waals surface area contributed by atoms with Gasteiger partial charge >= 0.3 is 12.1 Å². The summed E-state index contributed by atoms with van der Waals surface area (Å²) in [5.41, 5.74) is -0.859. The predicted octanol–water partition coefficient (Wildman–Crippen LogP) is 2.81. The van der Waals surface area contributed by atoms with Crippen LogP contribution in [-0.2, 0) is 14.3 Å². The molecule has 0 spiro atoms. The van der Waals surface area contributed by atoms with E-state index in [2.05, 4.69) is 5.32 Å². The zero-order valence-corrected chi connectivity index (χ0v) is 12.8. The predicted molar refractivity (Wildman–Crippen MR) is 71.9 cm³/mol. The van der Waals surface area contributed by atoms with Crippen LogP contribution in [0.1, 0.15) is 46.5 Å². The Morgan fingerprint density at radius 1 is 1.38 bits per heavy atom. The van der Waals surface area contributed by atoms with Gasteiger partial charge in [-0.2, -0.15) is 13.2 Å². The van der Waals surface area contributed by atoms with E-state index in [1.807, 2.05) is 0 Å². The van der Waals surface area contributed by atoms with E-state index in [-0.39, 0.29) is 19.2 Å². The summed E-state index contributed by atoms with van der Waals surface area (Å²) in [5, 5.41) is 3.22. The molecule has 1 saturated carbocycles. The van der Waals surface area contributed by atoms with Crippen LogP contribution in [0.5, 0.6) is 0 Å².